The molecule has 4 rings (SSSR count). The summed E-state index contributed by atoms with van der Waals surface area (Å²) in [7, 11) is 0. The number of rotatable bonds is 2. The highest BCUT2D eigenvalue weighted by Crippen LogP contribution is 2.32. The average Bonchev–Trinajstić information content (AvgIpc) is 3.27. The summed E-state index contributed by atoms with van der Waals surface area (Å²) in [6.07, 6.45) is 7.39. The van der Waals surface area contributed by atoms with Crippen molar-refractivity contribution in [1.29, 1.82) is 0 Å². The number of benzene rings is 1. The smallest absolute Gasteiger partial charge is 0.133 e. The van der Waals surface area contributed by atoms with Crippen molar-refractivity contribution in [2.45, 2.75) is 19.4 Å². The Hall–Kier alpha value is -2.45. The zero-order valence-corrected chi connectivity index (χ0v) is 12.5. The van der Waals surface area contributed by atoms with Gasteiger partial charge in [-0.3, -0.25) is 4.98 Å². The van der Waals surface area contributed by atoms with Crippen molar-refractivity contribution in [2.24, 2.45) is 5.92 Å². The Labute approximate surface area is 132 Å². The molecule has 108 valence electrons. The van der Waals surface area contributed by atoms with Crippen LogP contribution in [-0.4, -0.2) is 25.0 Å². The Morgan fingerprint density at radius 1 is 1.23 bits per heavy atom. The fourth-order valence-corrected chi connectivity index (χ4v) is 2.52. The highest BCUT2D eigenvalue weighted by Gasteiger charge is 2.23. The summed E-state index contributed by atoms with van der Waals surface area (Å²) in [6, 6.07) is 3.88. The van der Waals surface area contributed by atoms with Gasteiger partial charge in [0.25, 0.3) is 0 Å². The standard InChI is InChI=1S/C16H12ClN5/c17-15-12(3-5-13-9-18-7-8-19-13)4-6-14-16(15)20-21-22(14)10-11-1-2-11/h4,6-9,11H,1-2,10H2. The summed E-state index contributed by atoms with van der Waals surface area (Å²) in [6.45, 7) is 0.914. The Morgan fingerprint density at radius 2 is 2.14 bits per heavy atom. The lowest BCUT2D eigenvalue weighted by molar-refractivity contribution is 0.559. The van der Waals surface area contributed by atoms with Crippen molar-refractivity contribution in [3.05, 3.63) is 47.0 Å². The molecule has 0 N–H and O–H groups in total. The van der Waals surface area contributed by atoms with E-state index in [1.165, 1.54) is 12.8 Å². The van der Waals surface area contributed by atoms with Gasteiger partial charge in [-0.1, -0.05) is 22.7 Å². The van der Waals surface area contributed by atoms with Gasteiger partial charge in [-0.15, -0.1) is 5.10 Å². The van der Waals surface area contributed by atoms with Crippen LogP contribution in [0.3, 0.4) is 0 Å². The van der Waals surface area contributed by atoms with Crippen LogP contribution in [-0.2, 0) is 6.54 Å². The van der Waals surface area contributed by atoms with Crippen LogP contribution in [0.2, 0.25) is 5.02 Å². The van der Waals surface area contributed by atoms with E-state index in [0.717, 1.165) is 23.5 Å². The second-order valence-corrected chi connectivity index (χ2v) is 5.73. The van der Waals surface area contributed by atoms with Gasteiger partial charge in [-0.25, -0.2) is 9.67 Å². The van der Waals surface area contributed by atoms with Crippen molar-refractivity contribution in [3.8, 4) is 11.8 Å². The van der Waals surface area contributed by atoms with Crippen molar-refractivity contribution in [1.82, 2.24) is 25.0 Å². The molecule has 0 unspecified atom stereocenters. The molecule has 6 heteroatoms. The molecule has 0 atom stereocenters. The molecule has 5 nitrogen and oxygen atoms in total. The van der Waals surface area contributed by atoms with Crippen molar-refractivity contribution < 1.29 is 0 Å². The van der Waals surface area contributed by atoms with Crippen LogP contribution < -0.4 is 0 Å². The molecule has 1 aromatic carbocycles. The molecule has 0 spiro atoms. The van der Waals surface area contributed by atoms with E-state index in [1.54, 1.807) is 18.6 Å². The molecule has 3 aromatic rings. The first-order chi connectivity index (χ1) is 10.8. The van der Waals surface area contributed by atoms with Gasteiger partial charge in [0.05, 0.1) is 16.7 Å². The number of hydrogen-bond donors (Lipinski definition) is 0. The van der Waals surface area contributed by atoms with E-state index < -0.39 is 0 Å². The molecule has 0 amide bonds. The third kappa shape index (κ3) is 2.53. The fraction of sp³-hybridized carbons (Fsp3) is 0.250. The summed E-state index contributed by atoms with van der Waals surface area (Å²) in [5, 5.41) is 8.95. The van der Waals surface area contributed by atoms with Crippen LogP contribution >= 0.6 is 11.6 Å². The highest BCUT2D eigenvalue weighted by molar-refractivity contribution is 6.36. The van der Waals surface area contributed by atoms with Crippen molar-refractivity contribution in [3.63, 3.8) is 0 Å². The van der Waals surface area contributed by atoms with Crippen molar-refractivity contribution in [2.75, 3.05) is 0 Å². The monoisotopic (exact) mass is 309 g/mol. The molecule has 0 aliphatic heterocycles. The quantitative estimate of drug-likeness (QED) is 0.683. The van der Waals surface area contributed by atoms with Crippen molar-refractivity contribution >= 4 is 22.6 Å². The molecule has 1 aliphatic carbocycles. The molecule has 1 fully saturated rings. The molecule has 1 saturated carbocycles. The first-order valence-corrected chi connectivity index (χ1v) is 7.49. The van der Waals surface area contributed by atoms with Gasteiger partial charge in [0.1, 0.15) is 11.2 Å². The lowest BCUT2D eigenvalue weighted by Crippen LogP contribution is -2.01. The minimum atomic E-state index is 0.538. The highest BCUT2D eigenvalue weighted by atomic mass is 35.5. The summed E-state index contributed by atoms with van der Waals surface area (Å²) in [4.78, 5) is 8.10. The summed E-state index contributed by atoms with van der Waals surface area (Å²) >= 11 is 6.42. The normalized spacial score (nSPS) is 13.9. The molecule has 22 heavy (non-hydrogen) atoms. The number of fused-ring (bicyclic) bond motifs is 1. The molecule has 0 radical (unpaired) electrons. The predicted octanol–water partition coefficient (Wildman–Crippen LogP) is 2.68. The molecule has 0 bridgehead atoms. The van der Waals surface area contributed by atoms with Crippen LogP contribution in [0, 0.1) is 17.8 Å². The maximum absolute atomic E-state index is 6.42. The topological polar surface area (TPSA) is 56.5 Å². The van der Waals surface area contributed by atoms with Gasteiger partial charge in [0.15, 0.2) is 0 Å². The van der Waals surface area contributed by atoms with Gasteiger partial charge >= 0.3 is 0 Å². The number of nitrogens with zero attached hydrogens (tertiary/aromatic N) is 5. The zero-order chi connectivity index (χ0) is 14.9. The first-order valence-electron chi connectivity index (χ1n) is 7.11. The summed E-state index contributed by atoms with van der Waals surface area (Å²) in [5.41, 5.74) is 2.99. The predicted molar refractivity (Wildman–Crippen MR) is 83.3 cm³/mol. The Balaban J connectivity index is 1.71. The van der Waals surface area contributed by atoms with Gasteiger partial charge in [0.2, 0.25) is 0 Å². The van der Waals surface area contributed by atoms with Crippen LogP contribution in [0.4, 0.5) is 0 Å². The van der Waals surface area contributed by atoms with Gasteiger partial charge in [0, 0.05) is 24.5 Å². The number of aromatic nitrogens is 5. The second kappa shape index (κ2) is 5.39. The summed E-state index contributed by atoms with van der Waals surface area (Å²) < 4.78 is 1.93. The van der Waals surface area contributed by atoms with Gasteiger partial charge in [-0.2, -0.15) is 0 Å². The maximum Gasteiger partial charge on any atom is 0.133 e. The van der Waals surface area contributed by atoms with E-state index in [0.29, 0.717) is 16.2 Å². The molecular weight excluding hydrogens is 298 g/mol. The molecule has 2 aromatic heterocycles. The number of hydrogen-bond acceptors (Lipinski definition) is 4. The van der Waals surface area contributed by atoms with Crippen LogP contribution in [0.25, 0.3) is 11.0 Å². The van der Waals surface area contributed by atoms with Gasteiger partial charge < -0.3 is 0 Å². The lowest BCUT2D eigenvalue weighted by atomic mass is 10.2. The Bertz CT molecular complexity index is 887. The molecule has 0 saturated heterocycles. The second-order valence-electron chi connectivity index (χ2n) is 5.35. The Kier molecular flexibility index (Phi) is 3.24. The van der Waals surface area contributed by atoms with Crippen LogP contribution in [0.15, 0.2) is 30.7 Å². The average molecular weight is 310 g/mol. The van der Waals surface area contributed by atoms with Crippen LogP contribution in [0.1, 0.15) is 24.1 Å². The molecular formula is C16H12ClN5. The van der Waals surface area contributed by atoms with E-state index in [4.69, 9.17) is 11.6 Å². The largest absolute Gasteiger partial charge is 0.260 e. The Morgan fingerprint density at radius 3 is 2.91 bits per heavy atom. The van der Waals surface area contributed by atoms with E-state index in [1.807, 2.05) is 16.8 Å². The van der Waals surface area contributed by atoms with Crippen LogP contribution in [0.5, 0.6) is 0 Å². The number of halogens is 1. The van der Waals surface area contributed by atoms with E-state index in [2.05, 4.69) is 32.1 Å². The molecule has 1 aliphatic rings. The minimum Gasteiger partial charge on any atom is -0.260 e. The van der Waals surface area contributed by atoms with Gasteiger partial charge in [-0.05, 0) is 36.8 Å². The first kappa shape index (κ1) is 13.2. The van der Waals surface area contributed by atoms with E-state index in [9.17, 15) is 0 Å². The maximum atomic E-state index is 6.42. The molecule has 2 heterocycles. The lowest BCUT2D eigenvalue weighted by Gasteiger charge is -2.01. The minimum absolute atomic E-state index is 0.538. The summed E-state index contributed by atoms with van der Waals surface area (Å²) in [5.74, 6) is 6.71. The SMILES string of the molecule is Clc1c(C#Cc2cnccn2)ccc2c1nnn2CC1CC1. The zero-order valence-electron chi connectivity index (χ0n) is 11.7. The van der Waals surface area contributed by atoms with E-state index in [-0.39, 0.29) is 0 Å². The third-order valence-electron chi connectivity index (χ3n) is 3.64. The third-order valence-corrected chi connectivity index (χ3v) is 4.02. The van der Waals surface area contributed by atoms with E-state index >= 15 is 0 Å². The fourth-order valence-electron chi connectivity index (χ4n) is 2.28.